The highest BCUT2D eigenvalue weighted by atomic mass is 19.1. The highest BCUT2D eigenvalue weighted by Gasteiger charge is 2.29. The van der Waals surface area contributed by atoms with Crippen molar-refractivity contribution in [1.82, 2.24) is 20.2 Å². The lowest BCUT2D eigenvalue weighted by Gasteiger charge is -2.34. The number of nitrogens with zero attached hydrogens (tertiary/aromatic N) is 3. The normalized spacial score (nSPS) is 17.1. The van der Waals surface area contributed by atoms with Gasteiger partial charge in [-0.3, -0.25) is 4.79 Å². The number of piperidine rings is 1. The molecule has 2 aromatic rings. The summed E-state index contributed by atoms with van der Waals surface area (Å²) in [4.78, 5) is 35.2. The van der Waals surface area contributed by atoms with Crippen LogP contribution in [0.15, 0.2) is 29.1 Å². The fraction of sp³-hybridized carbons (Fsp3) is 0.421. The van der Waals surface area contributed by atoms with Crippen LogP contribution in [0.3, 0.4) is 0 Å². The minimum Gasteiger partial charge on any atom is -0.369 e. The first-order valence-electron chi connectivity index (χ1n) is 9.15. The number of hydrogen-bond acceptors (Lipinski definition) is 4. The number of hydrogen-bond donors (Lipinski definition) is 2. The van der Waals surface area contributed by atoms with Crippen molar-refractivity contribution in [3.8, 4) is 0 Å². The van der Waals surface area contributed by atoms with Gasteiger partial charge in [0.15, 0.2) is 0 Å². The molecule has 2 amide bonds. The topological polar surface area (TPSA) is 81.3 Å². The second kappa shape index (κ2) is 7.02. The number of H-pyrrole nitrogens is 1. The number of fused-ring (bicyclic) bond motifs is 1. The quantitative estimate of drug-likeness (QED) is 0.845. The molecule has 7 nitrogen and oxygen atoms in total. The summed E-state index contributed by atoms with van der Waals surface area (Å²) in [5.74, 6) is 0.337. The zero-order chi connectivity index (χ0) is 19.0. The third kappa shape index (κ3) is 3.51. The lowest BCUT2D eigenvalue weighted by molar-refractivity contribution is 0.191. The average Bonchev–Trinajstić information content (AvgIpc) is 3.07. The molecule has 1 fully saturated rings. The Morgan fingerprint density at radius 1 is 1.26 bits per heavy atom. The second-order valence-electron chi connectivity index (χ2n) is 7.09. The molecule has 0 spiro atoms. The van der Waals surface area contributed by atoms with Crippen molar-refractivity contribution in [3.63, 3.8) is 0 Å². The molecule has 0 saturated carbocycles. The Morgan fingerprint density at radius 3 is 2.74 bits per heavy atom. The third-order valence-electron chi connectivity index (χ3n) is 5.21. The molecule has 4 rings (SSSR count). The van der Waals surface area contributed by atoms with E-state index in [1.165, 1.54) is 6.07 Å². The minimum absolute atomic E-state index is 0.0391. The predicted molar refractivity (Wildman–Crippen MR) is 99.0 cm³/mol. The predicted octanol–water partition coefficient (Wildman–Crippen LogP) is 1.91. The zero-order valence-corrected chi connectivity index (χ0v) is 15.2. The SMILES string of the molecule is Cc1nc2c(c(=O)[nH]1)CN(C(=O)NC1CCN(c3ccccc3F)CC1)C2. The highest BCUT2D eigenvalue weighted by molar-refractivity contribution is 5.75. The van der Waals surface area contributed by atoms with Crippen molar-refractivity contribution in [3.05, 3.63) is 57.5 Å². The molecule has 8 heteroatoms. The van der Waals surface area contributed by atoms with E-state index < -0.39 is 0 Å². The molecule has 2 N–H and O–H groups in total. The van der Waals surface area contributed by atoms with Gasteiger partial charge in [0.2, 0.25) is 0 Å². The van der Waals surface area contributed by atoms with Crippen LogP contribution in [-0.4, -0.2) is 40.0 Å². The number of amides is 2. The van der Waals surface area contributed by atoms with E-state index in [0.717, 1.165) is 12.8 Å². The molecule has 2 aliphatic heterocycles. The Balaban J connectivity index is 1.34. The van der Waals surface area contributed by atoms with E-state index in [1.807, 2.05) is 11.0 Å². The first-order chi connectivity index (χ1) is 13.0. The fourth-order valence-electron chi connectivity index (χ4n) is 3.77. The fourth-order valence-corrected chi connectivity index (χ4v) is 3.77. The molecule has 1 aromatic heterocycles. The van der Waals surface area contributed by atoms with E-state index in [1.54, 1.807) is 24.0 Å². The zero-order valence-electron chi connectivity index (χ0n) is 15.2. The van der Waals surface area contributed by atoms with Crippen molar-refractivity contribution >= 4 is 11.7 Å². The molecular weight excluding hydrogens is 349 g/mol. The van der Waals surface area contributed by atoms with Crippen LogP contribution < -0.4 is 15.8 Å². The van der Waals surface area contributed by atoms with Crippen molar-refractivity contribution in [1.29, 1.82) is 0 Å². The number of aromatic nitrogens is 2. The van der Waals surface area contributed by atoms with Crippen LogP contribution in [0.1, 0.15) is 29.9 Å². The molecule has 3 heterocycles. The maximum atomic E-state index is 13.9. The maximum absolute atomic E-state index is 13.9. The number of carbonyl (C=O) groups is 1. The Morgan fingerprint density at radius 2 is 2.00 bits per heavy atom. The average molecular weight is 371 g/mol. The van der Waals surface area contributed by atoms with Gasteiger partial charge in [0, 0.05) is 19.1 Å². The van der Waals surface area contributed by atoms with Crippen LogP contribution in [0.5, 0.6) is 0 Å². The van der Waals surface area contributed by atoms with Crippen LogP contribution in [0.25, 0.3) is 0 Å². The number of halogens is 1. The minimum atomic E-state index is -0.220. The van der Waals surface area contributed by atoms with Crippen molar-refractivity contribution in [2.75, 3.05) is 18.0 Å². The van der Waals surface area contributed by atoms with E-state index in [0.29, 0.717) is 42.4 Å². The molecule has 142 valence electrons. The van der Waals surface area contributed by atoms with Gasteiger partial charge in [0.25, 0.3) is 5.56 Å². The van der Waals surface area contributed by atoms with Crippen molar-refractivity contribution in [2.45, 2.75) is 38.9 Å². The number of para-hydroxylation sites is 1. The maximum Gasteiger partial charge on any atom is 0.318 e. The summed E-state index contributed by atoms with van der Waals surface area (Å²) in [7, 11) is 0. The molecule has 1 aromatic carbocycles. The molecule has 0 bridgehead atoms. The number of aryl methyl sites for hydroxylation is 1. The van der Waals surface area contributed by atoms with Gasteiger partial charge in [0.1, 0.15) is 11.6 Å². The summed E-state index contributed by atoms with van der Waals surface area (Å²) in [5, 5.41) is 3.04. The summed E-state index contributed by atoms with van der Waals surface area (Å²) in [6, 6.07) is 6.61. The Kier molecular flexibility index (Phi) is 4.55. The Bertz CT molecular complexity index is 921. The molecule has 27 heavy (non-hydrogen) atoms. The van der Waals surface area contributed by atoms with Gasteiger partial charge in [-0.25, -0.2) is 14.2 Å². The lowest BCUT2D eigenvalue weighted by atomic mass is 10.0. The molecule has 0 atom stereocenters. The van der Waals surface area contributed by atoms with Crippen LogP contribution >= 0.6 is 0 Å². The first-order valence-corrected chi connectivity index (χ1v) is 9.15. The molecule has 2 aliphatic rings. The van der Waals surface area contributed by atoms with Crippen molar-refractivity contribution in [2.24, 2.45) is 0 Å². The van der Waals surface area contributed by atoms with Gasteiger partial charge in [-0.1, -0.05) is 12.1 Å². The van der Waals surface area contributed by atoms with Crippen LogP contribution in [0.4, 0.5) is 14.9 Å². The summed E-state index contributed by atoms with van der Waals surface area (Å²) < 4.78 is 13.9. The van der Waals surface area contributed by atoms with Crippen molar-refractivity contribution < 1.29 is 9.18 Å². The van der Waals surface area contributed by atoms with Gasteiger partial charge in [-0.15, -0.1) is 0 Å². The van der Waals surface area contributed by atoms with Gasteiger partial charge >= 0.3 is 6.03 Å². The van der Waals surface area contributed by atoms with Crippen LogP contribution in [-0.2, 0) is 13.1 Å². The molecule has 1 saturated heterocycles. The summed E-state index contributed by atoms with van der Waals surface area (Å²) in [6.45, 7) is 3.73. The highest BCUT2D eigenvalue weighted by Crippen LogP contribution is 2.23. The van der Waals surface area contributed by atoms with E-state index >= 15 is 0 Å². The number of urea groups is 1. The molecule has 0 unspecified atom stereocenters. The number of aromatic amines is 1. The lowest BCUT2D eigenvalue weighted by Crippen LogP contribution is -2.48. The standard InChI is InChI=1S/C19H22FN5O2/c1-12-21-16-11-25(10-14(16)18(26)22-12)19(27)23-13-6-8-24(9-7-13)17-5-3-2-4-15(17)20/h2-5,13H,6-11H2,1H3,(H,23,27)(H,21,22,26). The molecular formula is C19H22FN5O2. The van der Waals surface area contributed by atoms with Gasteiger partial charge < -0.3 is 20.1 Å². The summed E-state index contributed by atoms with van der Waals surface area (Å²) >= 11 is 0. The molecule has 0 aliphatic carbocycles. The number of rotatable bonds is 2. The number of anilines is 1. The van der Waals surface area contributed by atoms with Gasteiger partial charge in [0.05, 0.1) is 30.0 Å². The smallest absolute Gasteiger partial charge is 0.318 e. The summed E-state index contributed by atoms with van der Waals surface area (Å²) in [6.07, 6.45) is 1.50. The Hall–Kier alpha value is -2.90. The van der Waals surface area contributed by atoms with E-state index in [2.05, 4.69) is 15.3 Å². The van der Waals surface area contributed by atoms with Crippen LogP contribution in [0, 0.1) is 12.7 Å². The Labute approximate surface area is 156 Å². The van der Waals surface area contributed by atoms with Gasteiger partial charge in [-0.05, 0) is 31.9 Å². The largest absolute Gasteiger partial charge is 0.369 e. The van der Waals surface area contributed by atoms with Crippen LogP contribution in [0.2, 0.25) is 0 Å². The first kappa shape index (κ1) is 17.5. The number of carbonyl (C=O) groups excluding carboxylic acids is 1. The second-order valence-corrected chi connectivity index (χ2v) is 7.09. The monoisotopic (exact) mass is 371 g/mol. The number of benzene rings is 1. The third-order valence-corrected chi connectivity index (χ3v) is 5.21. The van der Waals surface area contributed by atoms with E-state index in [9.17, 15) is 14.0 Å². The molecule has 0 radical (unpaired) electrons. The summed E-state index contributed by atoms with van der Waals surface area (Å²) in [5.41, 5.74) is 1.66. The van der Waals surface area contributed by atoms with Gasteiger partial charge in [-0.2, -0.15) is 0 Å². The van der Waals surface area contributed by atoms with E-state index in [4.69, 9.17) is 0 Å². The van der Waals surface area contributed by atoms with E-state index in [-0.39, 0.29) is 30.0 Å². The number of nitrogens with one attached hydrogen (secondary N) is 2.